The van der Waals surface area contributed by atoms with Crippen molar-refractivity contribution in [1.29, 1.82) is 0 Å². The normalized spacial score (nSPS) is 21.1. The lowest BCUT2D eigenvalue weighted by atomic mass is 9.90. The van der Waals surface area contributed by atoms with E-state index < -0.39 is 5.82 Å². The molecule has 0 N–H and O–H groups in total. The van der Waals surface area contributed by atoms with Crippen LogP contribution in [0.4, 0.5) is 10.4 Å². The van der Waals surface area contributed by atoms with Crippen LogP contribution in [-0.2, 0) is 11.3 Å². The summed E-state index contributed by atoms with van der Waals surface area (Å²) in [6.07, 6.45) is 5.85. The molecule has 32 heavy (non-hydrogen) atoms. The minimum atomic E-state index is -0.410. The SMILES string of the molecule is COCc1noc(N2CCC([C@H]3C[C@@H]3CCOc3ccc(-n4cnnn4)cc3F)CC2)n1. The Hall–Kier alpha value is -3.08. The number of hydrogen-bond acceptors (Lipinski definition) is 9. The van der Waals surface area contributed by atoms with E-state index in [0.717, 1.165) is 38.3 Å². The van der Waals surface area contributed by atoms with Gasteiger partial charge in [-0.05, 0) is 66.0 Å². The number of methoxy groups -OCH3 is 1. The summed E-state index contributed by atoms with van der Waals surface area (Å²) in [5.74, 6) is 2.54. The summed E-state index contributed by atoms with van der Waals surface area (Å²) in [6.45, 7) is 2.74. The van der Waals surface area contributed by atoms with Gasteiger partial charge in [0.25, 0.3) is 0 Å². The van der Waals surface area contributed by atoms with Crippen molar-refractivity contribution in [3.05, 3.63) is 36.2 Å². The van der Waals surface area contributed by atoms with Crippen LogP contribution in [0.2, 0.25) is 0 Å². The summed E-state index contributed by atoms with van der Waals surface area (Å²) in [6, 6.07) is 5.33. The van der Waals surface area contributed by atoms with Crippen molar-refractivity contribution in [2.75, 3.05) is 31.7 Å². The maximum atomic E-state index is 14.3. The molecule has 10 nitrogen and oxygen atoms in total. The first-order valence-electron chi connectivity index (χ1n) is 10.9. The number of piperidine rings is 1. The zero-order valence-corrected chi connectivity index (χ0v) is 17.9. The number of ether oxygens (including phenoxy) is 2. The highest BCUT2D eigenvalue weighted by Crippen LogP contribution is 2.50. The standard InChI is InChI=1S/C21H26FN7O3/c1-30-12-20-24-21(32-25-20)28-7-4-14(5-8-28)17-10-15(17)6-9-31-19-3-2-16(11-18(19)22)29-13-23-26-27-29/h2-3,11,13-15,17H,4-10,12H2,1H3/t15-,17+/m0/s1. The predicted molar refractivity (Wildman–Crippen MR) is 111 cm³/mol. The molecule has 0 unspecified atom stereocenters. The smallest absolute Gasteiger partial charge is 0.324 e. The molecule has 11 heteroatoms. The zero-order chi connectivity index (χ0) is 21.9. The third-order valence-corrected chi connectivity index (χ3v) is 6.40. The average Bonchev–Trinajstić information content (AvgIpc) is 3.17. The van der Waals surface area contributed by atoms with E-state index in [-0.39, 0.29) is 5.75 Å². The molecule has 170 valence electrons. The van der Waals surface area contributed by atoms with E-state index in [1.165, 1.54) is 23.5 Å². The predicted octanol–water partition coefficient (Wildman–Crippen LogP) is 2.65. The molecule has 5 rings (SSSR count). The Labute approximate surface area is 184 Å². The fourth-order valence-electron chi connectivity index (χ4n) is 4.61. The number of aromatic nitrogens is 6. The van der Waals surface area contributed by atoms with Crippen LogP contribution in [0.5, 0.6) is 5.75 Å². The van der Waals surface area contributed by atoms with Crippen molar-refractivity contribution in [2.45, 2.75) is 32.3 Å². The molecule has 1 saturated heterocycles. The summed E-state index contributed by atoms with van der Waals surface area (Å²) < 4.78 is 31.8. The van der Waals surface area contributed by atoms with Gasteiger partial charge in [0.2, 0.25) is 0 Å². The highest BCUT2D eigenvalue weighted by Gasteiger charge is 2.43. The van der Waals surface area contributed by atoms with Gasteiger partial charge in [0, 0.05) is 26.3 Å². The average molecular weight is 443 g/mol. The Bertz CT molecular complexity index is 1020. The minimum absolute atomic E-state index is 0.264. The number of halogens is 1. The molecular formula is C21H26FN7O3. The van der Waals surface area contributed by atoms with Gasteiger partial charge in [0.1, 0.15) is 12.9 Å². The van der Waals surface area contributed by atoms with Crippen molar-refractivity contribution in [2.24, 2.45) is 17.8 Å². The lowest BCUT2D eigenvalue weighted by Crippen LogP contribution is -2.34. The Morgan fingerprint density at radius 3 is 2.88 bits per heavy atom. The van der Waals surface area contributed by atoms with Crippen LogP contribution in [0.1, 0.15) is 31.5 Å². The van der Waals surface area contributed by atoms with E-state index in [1.807, 2.05) is 0 Å². The first-order chi connectivity index (χ1) is 15.7. The van der Waals surface area contributed by atoms with Gasteiger partial charge in [-0.15, -0.1) is 5.10 Å². The van der Waals surface area contributed by atoms with Crippen LogP contribution >= 0.6 is 0 Å². The summed E-state index contributed by atoms with van der Waals surface area (Å²) >= 11 is 0. The summed E-state index contributed by atoms with van der Waals surface area (Å²) in [4.78, 5) is 6.54. The van der Waals surface area contributed by atoms with Gasteiger partial charge in [-0.1, -0.05) is 5.16 Å². The van der Waals surface area contributed by atoms with Crippen LogP contribution in [0, 0.1) is 23.6 Å². The molecule has 1 aliphatic carbocycles. The lowest BCUT2D eigenvalue weighted by molar-refractivity contribution is 0.174. The van der Waals surface area contributed by atoms with E-state index in [4.69, 9.17) is 14.0 Å². The third-order valence-electron chi connectivity index (χ3n) is 6.40. The van der Waals surface area contributed by atoms with E-state index in [9.17, 15) is 4.39 Å². The monoisotopic (exact) mass is 443 g/mol. The summed E-state index contributed by atoms with van der Waals surface area (Å²) in [5.41, 5.74) is 0.559. The topological polar surface area (TPSA) is 104 Å². The zero-order valence-electron chi connectivity index (χ0n) is 17.9. The van der Waals surface area contributed by atoms with E-state index in [2.05, 4.69) is 30.6 Å². The van der Waals surface area contributed by atoms with Crippen molar-refractivity contribution in [3.63, 3.8) is 0 Å². The molecule has 0 radical (unpaired) electrons. The minimum Gasteiger partial charge on any atom is -0.491 e. The Kier molecular flexibility index (Phi) is 5.97. The van der Waals surface area contributed by atoms with Gasteiger partial charge in [-0.2, -0.15) is 4.98 Å². The van der Waals surface area contributed by atoms with Crippen LogP contribution in [-0.4, -0.2) is 57.2 Å². The molecule has 1 saturated carbocycles. The van der Waals surface area contributed by atoms with Gasteiger partial charge in [0.05, 0.1) is 12.3 Å². The number of anilines is 1. The highest BCUT2D eigenvalue weighted by molar-refractivity contribution is 5.37. The second-order valence-corrected chi connectivity index (χ2v) is 8.42. The number of hydrogen-bond donors (Lipinski definition) is 0. The second kappa shape index (κ2) is 9.19. The molecule has 2 fully saturated rings. The van der Waals surface area contributed by atoms with Crippen molar-refractivity contribution < 1.29 is 18.4 Å². The van der Waals surface area contributed by atoms with E-state index in [0.29, 0.717) is 42.6 Å². The van der Waals surface area contributed by atoms with E-state index in [1.54, 1.807) is 19.2 Å². The Morgan fingerprint density at radius 1 is 1.25 bits per heavy atom. The number of benzene rings is 1. The first-order valence-corrected chi connectivity index (χ1v) is 10.9. The maximum absolute atomic E-state index is 14.3. The third kappa shape index (κ3) is 4.57. The molecule has 0 bridgehead atoms. The maximum Gasteiger partial charge on any atom is 0.324 e. The second-order valence-electron chi connectivity index (χ2n) is 8.42. The van der Waals surface area contributed by atoms with Crippen LogP contribution < -0.4 is 9.64 Å². The van der Waals surface area contributed by atoms with E-state index >= 15 is 0 Å². The van der Waals surface area contributed by atoms with Gasteiger partial charge in [0.15, 0.2) is 17.4 Å². The molecule has 1 aliphatic heterocycles. The molecular weight excluding hydrogens is 417 g/mol. The molecule has 3 heterocycles. The molecule has 2 aliphatic rings. The van der Waals surface area contributed by atoms with Gasteiger partial charge >= 0.3 is 6.01 Å². The van der Waals surface area contributed by atoms with Crippen LogP contribution in [0.25, 0.3) is 5.69 Å². The van der Waals surface area contributed by atoms with Gasteiger partial charge < -0.3 is 18.9 Å². The van der Waals surface area contributed by atoms with Gasteiger partial charge in [-0.25, -0.2) is 9.07 Å². The van der Waals surface area contributed by atoms with Gasteiger partial charge in [-0.3, -0.25) is 0 Å². The molecule has 0 spiro atoms. The quantitative estimate of drug-likeness (QED) is 0.493. The van der Waals surface area contributed by atoms with Crippen LogP contribution in [0.15, 0.2) is 29.0 Å². The largest absolute Gasteiger partial charge is 0.491 e. The molecule has 0 amide bonds. The summed E-state index contributed by atoms with van der Waals surface area (Å²) in [7, 11) is 1.61. The Balaban J connectivity index is 1.04. The summed E-state index contributed by atoms with van der Waals surface area (Å²) in [5, 5.41) is 14.8. The fourth-order valence-corrected chi connectivity index (χ4v) is 4.61. The highest BCUT2D eigenvalue weighted by atomic mass is 19.1. The van der Waals surface area contributed by atoms with Crippen molar-refractivity contribution >= 4 is 6.01 Å². The van der Waals surface area contributed by atoms with Crippen molar-refractivity contribution in [1.82, 2.24) is 30.3 Å². The van der Waals surface area contributed by atoms with Crippen LogP contribution in [0.3, 0.4) is 0 Å². The number of tetrazole rings is 1. The van der Waals surface area contributed by atoms with Crippen molar-refractivity contribution in [3.8, 4) is 11.4 Å². The Morgan fingerprint density at radius 2 is 2.12 bits per heavy atom. The number of nitrogens with zero attached hydrogens (tertiary/aromatic N) is 7. The molecule has 2 aromatic heterocycles. The molecule has 3 aromatic rings. The molecule has 1 aromatic carbocycles. The number of rotatable bonds is 9. The fraction of sp³-hybridized carbons (Fsp3) is 0.571. The lowest BCUT2D eigenvalue weighted by Gasteiger charge is -2.30. The molecule has 2 atom stereocenters. The first kappa shape index (κ1) is 20.8.